The number of anilines is 1. The van der Waals surface area contributed by atoms with Crippen LogP contribution in [0, 0.1) is 10.1 Å². The van der Waals surface area contributed by atoms with Crippen molar-refractivity contribution in [1.29, 1.82) is 0 Å². The van der Waals surface area contributed by atoms with E-state index in [-0.39, 0.29) is 17.5 Å². The van der Waals surface area contributed by atoms with Crippen molar-refractivity contribution in [2.24, 2.45) is 0 Å². The van der Waals surface area contributed by atoms with Crippen LogP contribution in [0.2, 0.25) is 0 Å². The zero-order valence-corrected chi connectivity index (χ0v) is 10.9. The predicted molar refractivity (Wildman–Crippen MR) is 76.6 cm³/mol. The third-order valence-corrected chi connectivity index (χ3v) is 3.02. The molecule has 0 fully saturated rings. The molecule has 0 spiro atoms. The summed E-state index contributed by atoms with van der Waals surface area (Å²) in [6.07, 6.45) is 0. The third-order valence-electron chi connectivity index (χ3n) is 3.02. The van der Waals surface area contributed by atoms with Crippen molar-refractivity contribution in [1.82, 2.24) is 0 Å². The van der Waals surface area contributed by atoms with Crippen LogP contribution in [-0.4, -0.2) is 10.8 Å². The maximum atomic E-state index is 12.1. The molecule has 0 saturated heterocycles. The van der Waals surface area contributed by atoms with Gasteiger partial charge in [0.05, 0.1) is 10.8 Å². The van der Waals surface area contributed by atoms with Gasteiger partial charge in [-0.3, -0.25) is 14.9 Å². The normalized spacial score (nSPS) is 11.7. The molecular formula is C15H14N2O3. The van der Waals surface area contributed by atoms with Gasteiger partial charge in [0.15, 0.2) is 0 Å². The van der Waals surface area contributed by atoms with Crippen LogP contribution in [0.15, 0.2) is 54.6 Å². The molecule has 0 aliphatic carbocycles. The number of nitro groups is 1. The SMILES string of the molecule is C[C@@H](C(=O)Nc1cccc([N+](=O)[O-])c1)c1ccccc1. The highest BCUT2D eigenvalue weighted by Gasteiger charge is 2.15. The fraction of sp³-hybridized carbons (Fsp3) is 0.133. The number of hydrogen-bond donors (Lipinski definition) is 1. The molecule has 0 aromatic heterocycles. The summed E-state index contributed by atoms with van der Waals surface area (Å²) in [6, 6.07) is 15.3. The Labute approximate surface area is 116 Å². The molecule has 0 radical (unpaired) electrons. The van der Waals surface area contributed by atoms with Crippen molar-refractivity contribution >= 4 is 17.3 Å². The molecule has 2 aromatic carbocycles. The van der Waals surface area contributed by atoms with E-state index >= 15 is 0 Å². The largest absolute Gasteiger partial charge is 0.325 e. The molecule has 0 aliphatic rings. The lowest BCUT2D eigenvalue weighted by molar-refractivity contribution is -0.384. The number of carbonyl (C=O) groups excluding carboxylic acids is 1. The number of non-ortho nitro benzene ring substituents is 1. The summed E-state index contributed by atoms with van der Waals surface area (Å²) in [5, 5.41) is 13.4. The van der Waals surface area contributed by atoms with Crippen LogP contribution in [0.5, 0.6) is 0 Å². The van der Waals surface area contributed by atoms with Crippen LogP contribution >= 0.6 is 0 Å². The highest BCUT2D eigenvalue weighted by atomic mass is 16.6. The minimum absolute atomic E-state index is 0.0461. The molecule has 20 heavy (non-hydrogen) atoms. The zero-order chi connectivity index (χ0) is 14.5. The van der Waals surface area contributed by atoms with E-state index in [2.05, 4.69) is 5.32 Å². The van der Waals surface area contributed by atoms with Gasteiger partial charge in [-0.2, -0.15) is 0 Å². The van der Waals surface area contributed by atoms with Crippen LogP contribution < -0.4 is 5.32 Å². The van der Waals surface area contributed by atoms with Crippen molar-refractivity contribution in [3.8, 4) is 0 Å². The monoisotopic (exact) mass is 270 g/mol. The van der Waals surface area contributed by atoms with Gasteiger partial charge in [0.1, 0.15) is 0 Å². The molecule has 0 saturated carbocycles. The number of nitrogens with zero attached hydrogens (tertiary/aromatic N) is 1. The predicted octanol–water partition coefficient (Wildman–Crippen LogP) is 3.34. The van der Waals surface area contributed by atoms with Crippen LogP contribution in [-0.2, 0) is 4.79 Å². The summed E-state index contributed by atoms with van der Waals surface area (Å²) in [6.45, 7) is 1.79. The number of carbonyl (C=O) groups is 1. The van der Waals surface area contributed by atoms with Gasteiger partial charge in [0.25, 0.3) is 5.69 Å². The quantitative estimate of drug-likeness (QED) is 0.684. The minimum atomic E-state index is -0.490. The molecule has 0 aliphatic heterocycles. The summed E-state index contributed by atoms with van der Waals surface area (Å²) < 4.78 is 0. The van der Waals surface area contributed by atoms with Gasteiger partial charge in [0, 0.05) is 17.8 Å². The average Bonchev–Trinajstić information content (AvgIpc) is 2.47. The van der Waals surface area contributed by atoms with Crippen LogP contribution in [0.25, 0.3) is 0 Å². The van der Waals surface area contributed by atoms with E-state index in [1.165, 1.54) is 12.1 Å². The van der Waals surface area contributed by atoms with Gasteiger partial charge in [-0.1, -0.05) is 36.4 Å². The lowest BCUT2D eigenvalue weighted by Crippen LogP contribution is -2.18. The first-order valence-electron chi connectivity index (χ1n) is 6.18. The summed E-state index contributed by atoms with van der Waals surface area (Å²) in [7, 11) is 0. The highest BCUT2D eigenvalue weighted by Crippen LogP contribution is 2.20. The fourth-order valence-corrected chi connectivity index (χ4v) is 1.84. The Bertz CT molecular complexity index is 626. The number of benzene rings is 2. The first-order valence-corrected chi connectivity index (χ1v) is 6.18. The fourth-order valence-electron chi connectivity index (χ4n) is 1.84. The molecule has 1 atom stereocenters. The van der Waals surface area contributed by atoms with Crippen LogP contribution in [0.4, 0.5) is 11.4 Å². The van der Waals surface area contributed by atoms with E-state index in [4.69, 9.17) is 0 Å². The van der Waals surface area contributed by atoms with E-state index in [1.54, 1.807) is 19.1 Å². The molecule has 1 N–H and O–H groups in total. The Balaban J connectivity index is 2.12. The van der Waals surface area contributed by atoms with Gasteiger partial charge in [-0.05, 0) is 18.6 Å². The summed E-state index contributed by atoms with van der Waals surface area (Å²) in [4.78, 5) is 22.3. The zero-order valence-electron chi connectivity index (χ0n) is 10.9. The smallest absolute Gasteiger partial charge is 0.271 e. The Morgan fingerprint density at radius 2 is 1.85 bits per heavy atom. The molecular weight excluding hydrogens is 256 g/mol. The maximum absolute atomic E-state index is 12.1. The number of nitro benzene ring substituents is 1. The number of hydrogen-bond acceptors (Lipinski definition) is 3. The Morgan fingerprint density at radius 3 is 2.50 bits per heavy atom. The van der Waals surface area contributed by atoms with Gasteiger partial charge in [0.2, 0.25) is 5.91 Å². The molecule has 0 unspecified atom stereocenters. The lowest BCUT2D eigenvalue weighted by Gasteiger charge is -2.12. The lowest BCUT2D eigenvalue weighted by atomic mass is 10.0. The van der Waals surface area contributed by atoms with Gasteiger partial charge in [-0.25, -0.2) is 0 Å². The first-order chi connectivity index (χ1) is 9.58. The summed E-state index contributed by atoms with van der Waals surface area (Å²) in [5.41, 5.74) is 1.28. The van der Waals surface area contributed by atoms with Crippen molar-refractivity contribution in [2.75, 3.05) is 5.32 Å². The van der Waals surface area contributed by atoms with E-state index in [0.29, 0.717) is 5.69 Å². The number of rotatable bonds is 4. The summed E-state index contributed by atoms with van der Waals surface area (Å²) >= 11 is 0. The molecule has 2 aromatic rings. The topological polar surface area (TPSA) is 72.2 Å². The van der Waals surface area contributed by atoms with E-state index in [1.807, 2.05) is 30.3 Å². The van der Waals surface area contributed by atoms with Gasteiger partial charge < -0.3 is 5.32 Å². The van der Waals surface area contributed by atoms with E-state index < -0.39 is 4.92 Å². The van der Waals surface area contributed by atoms with E-state index in [9.17, 15) is 14.9 Å². The van der Waals surface area contributed by atoms with Crippen LogP contribution in [0.3, 0.4) is 0 Å². The second-order valence-electron chi connectivity index (χ2n) is 4.43. The standard InChI is InChI=1S/C15H14N2O3/c1-11(12-6-3-2-4-7-12)15(18)16-13-8-5-9-14(10-13)17(19)20/h2-11H,1H3,(H,16,18)/t11-/m1/s1. The van der Waals surface area contributed by atoms with Crippen LogP contribution in [0.1, 0.15) is 18.4 Å². The molecule has 5 heteroatoms. The highest BCUT2D eigenvalue weighted by molar-refractivity contribution is 5.95. The Kier molecular flexibility index (Phi) is 4.10. The molecule has 0 bridgehead atoms. The first kappa shape index (κ1) is 13.7. The van der Waals surface area contributed by atoms with Gasteiger partial charge >= 0.3 is 0 Å². The number of nitrogens with one attached hydrogen (secondary N) is 1. The van der Waals surface area contributed by atoms with Crippen molar-refractivity contribution in [3.05, 3.63) is 70.3 Å². The third kappa shape index (κ3) is 3.20. The second kappa shape index (κ2) is 5.97. The molecule has 5 nitrogen and oxygen atoms in total. The summed E-state index contributed by atoms with van der Waals surface area (Å²) in [5.74, 6) is -0.521. The Morgan fingerprint density at radius 1 is 1.15 bits per heavy atom. The average molecular weight is 270 g/mol. The molecule has 2 rings (SSSR count). The van der Waals surface area contributed by atoms with Gasteiger partial charge in [-0.15, -0.1) is 0 Å². The molecule has 102 valence electrons. The Hall–Kier alpha value is -2.69. The van der Waals surface area contributed by atoms with Crippen molar-refractivity contribution in [2.45, 2.75) is 12.8 Å². The maximum Gasteiger partial charge on any atom is 0.271 e. The number of amides is 1. The molecule has 1 amide bonds. The molecule has 0 heterocycles. The van der Waals surface area contributed by atoms with Crippen molar-refractivity contribution < 1.29 is 9.72 Å². The minimum Gasteiger partial charge on any atom is -0.325 e. The van der Waals surface area contributed by atoms with E-state index in [0.717, 1.165) is 5.56 Å². The second-order valence-corrected chi connectivity index (χ2v) is 4.43. The van der Waals surface area contributed by atoms with Crippen molar-refractivity contribution in [3.63, 3.8) is 0 Å².